The summed E-state index contributed by atoms with van der Waals surface area (Å²) in [6.07, 6.45) is 4.54. The molecule has 9 nitrogen and oxygen atoms in total. The number of likely N-dealkylation sites (N-methyl/N-ethyl adjacent to an activating group) is 2. The Bertz CT molecular complexity index is 526. The molecule has 0 aliphatic rings. The van der Waals surface area contributed by atoms with E-state index in [9.17, 15) is 9.59 Å². The van der Waals surface area contributed by atoms with Crippen LogP contribution in [0.3, 0.4) is 0 Å². The van der Waals surface area contributed by atoms with Crippen molar-refractivity contribution < 1.29 is 52.8 Å². The number of carbonyl (C=O) groups is 2. The van der Waals surface area contributed by atoms with Crippen molar-refractivity contribution in [1.29, 1.82) is 0 Å². The third kappa shape index (κ3) is 22.9. The fourth-order valence-electron chi connectivity index (χ4n) is 1.79. The third-order valence-electron chi connectivity index (χ3n) is 3.54. The van der Waals surface area contributed by atoms with Gasteiger partial charge in [-0.15, -0.1) is 0 Å². The molecule has 1 aromatic heterocycles. The van der Waals surface area contributed by atoms with E-state index >= 15 is 0 Å². The van der Waals surface area contributed by atoms with E-state index in [1.807, 2.05) is 48.5 Å². The summed E-state index contributed by atoms with van der Waals surface area (Å²) in [5, 5.41) is 0. The van der Waals surface area contributed by atoms with Crippen molar-refractivity contribution in [2.45, 2.75) is 19.3 Å². The first kappa shape index (κ1) is 33.3. The minimum absolute atomic E-state index is 0. The lowest BCUT2D eigenvalue weighted by Gasteiger charge is -2.23. The van der Waals surface area contributed by atoms with Crippen molar-refractivity contribution in [2.24, 2.45) is 5.73 Å². The van der Waals surface area contributed by atoms with Gasteiger partial charge < -0.3 is 54.0 Å². The van der Waals surface area contributed by atoms with Crippen molar-refractivity contribution in [3.05, 3.63) is 18.2 Å². The number of nitrogens with zero attached hydrogens (tertiary/aromatic N) is 3. The van der Waals surface area contributed by atoms with Crippen LogP contribution >= 0.6 is 0 Å². The number of rotatable bonds is 11. The molecule has 0 spiro atoms. The number of nitrogens with two attached hydrogens (primary N) is 1. The van der Waals surface area contributed by atoms with Gasteiger partial charge in [0.2, 0.25) is 0 Å². The summed E-state index contributed by atoms with van der Waals surface area (Å²) < 4.78 is 11.6. The first-order chi connectivity index (χ1) is 12.9. The molecule has 0 aliphatic heterocycles. The van der Waals surface area contributed by atoms with E-state index in [2.05, 4.69) is 9.97 Å². The Morgan fingerprint density at radius 1 is 0.933 bits per heavy atom. The molecule has 0 bridgehead atoms. The maximum absolute atomic E-state index is 11.4. The fraction of sp³-hybridized carbons (Fsp3) is 0.737. The highest BCUT2D eigenvalue weighted by Gasteiger charge is 2.13. The predicted octanol–water partition coefficient (Wildman–Crippen LogP) is -5.82. The molecule has 0 unspecified atom stereocenters. The highest BCUT2D eigenvalue weighted by molar-refractivity contribution is 5.77. The standard InChI is InChI=1S/C14H30N2O4.C5H9N3.2ClH/c1-15(2,3)9-11-19-13(17)7-8-14(18)20-12-10-16(4,5)6;6-2-1-5-3-7-4-8-5;;/h7-12H2,1-6H3;3-4H,1-2,6H2,(H,7,8);2*1H/q+2;;;/p-2. The van der Waals surface area contributed by atoms with Crippen molar-refractivity contribution in [3.63, 3.8) is 0 Å². The molecule has 11 heteroatoms. The zero-order valence-electron chi connectivity index (χ0n) is 19.1. The minimum atomic E-state index is -0.345. The fourth-order valence-corrected chi connectivity index (χ4v) is 1.79. The van der Waals surface area contributed by atoms with Gasteiger partial charge in [-0.25, -0.2) is 4.98 Å². The Balaban J connectivity index is -0.000000611. The van der Waals surface area contributed by atoms with Gasteiger partial charge in [-0.05, 0) is 6.54 Å². The Kier molecular flexibility index (Phi) is 19.2. The number of quaternary nitrogens is 2. The number of H-pyrrole nitrogens is 1. The van der Waals surface area contributed by atoms with E-state index in [1.54, 1.807) is 6.33 Å². The number of imidazole rings is 1. The number of aromatic amines is 1. The van der Waals surface area contributed by atoms with Crippen molar-refractivity contribution in [2.75, 3.05) is 75.1 Å². The lowest BCUT2D eigenvalue weighted by molar-refractivity contribution is -0.870. The monoisotopic (exact) mass is 471 g/mol. The molecular formula is C19H39Cl2N5O4. The summed E-state index contributed by atoms with van der Waals surface area (Å²) in [7, 11) is 12.2. The van der Waals surface area contributed by atoms with Crippen LogP contribution in [0.1, 0.15) is 18.5 Å². The molecule has 0 amide bonds. The second-order valence-corrected chi connectivity index (χ2v) is 8.57. The van der Waals surface area contributed by atoms with Crippen molar-refractivity contribution >= 4 is 11.9 Å². The number of hydrogen-bond acceptors (Lipinski definition) is 6. The Morgan fingerprint density at radius 2 is 1.37 bits per heavy atom. The van der Waals surface area contributed by atoms with Crippen LogP contribution in [0.5, 0.6) is 0 Å². The summed E-state index contributed by atoms with van der Waals surface area (Å²) in [6, 6.07) is 0. The molecule has 0 radical (unpaired) electrons. The second kappa shape index (κ2) is 17.3. The molecule has 0 aromatic carbocycles. The molecule has 0 atom stereocenters. The Morgan fingerprint density at radius 3 is 1.67 bits per heavy atom. The second-order valence-electron chi connectivity index (χ2n) is 8.57. The molecule has 1 rings (SSSR count). The zero-order valence-corrected chi connectivity index (χ0v) is 20.6. The van der Waals surface area contributed by atoms with Crippen LogP contribution in [-0.4, -0.2) is 106 Å². The Hall–Kier alpha value is -1.39. The molecule has 1 aromatic rings. The van der Waals surface area contributed by atoms with Gasteiger partial charge in [0.1, 0.15) is 26.3 Å². The number of ether oxygens (including phenoxy) is 2. The summed E-state index contributed by atoms with van der Waals surface area (Å²) in [6.45, 7) is 2.92. The van der Waals surface area contributed by atoms with Gasteiger partial charge >= 0.3 is 11.9 Å². The van der Waals surface area contributed by atoms with Crippen LogP contribution in [0.2, 0.25) is 0 Å². The molecule has 0 saturated carbocycles. The Labute approximate surface area is 193 Å². The van der Waals surface area contributed by atoms with E-state index in [0.717, 1.165) is 34.2 Å². The molecule has 30 heavy (non-hydrogen) atoms. The number of nitrogens with one attached hydrogen (secondary N) is 1. The van der Waals surface area contributed by atoms with Crippen molar-refractivity contribution in [1.82, 2.24) is 9.97 Å². The van der Waals surface area contributed by atoms with Crippen LogP contribution in [-0.2, 0) is 25.5 Å². The highest BCUT2D eigenvalue weighted by atomic mass is 35.5. The third-order valence-corrected chi connectivity index (χ3v) is 3.54. The van der Waals surface area contributed by atoms with Crippen molar-refractivity contribution in [3.8, 4) is 0 Å². The number of halogens is 2. The van der Waals surface area contributed by atoms with E-state index in [0.29, 0.717) is 19.8 Å². The van der Waals surface area contributed by atoms with Gasteiger partial charge in [-0.2, -0.15) is 0 Å². The minimum Gasteiger partial charge on any atom is -1.00 e. The van der Waals surface area contributed by atoms with Crippen LogP contribution in [0, 0.1) is 0 Å². The van der Waals surface area contributed by atoms with Gasteiger partial charge in [-0.3, -0.25) is 9.59 Å². The van der Waals surface area contributed by atoms with E-state index in [4.69, 9.17) is 15.2 Å². The molecule has 0 fully saturated rings. The highest BCUT2D eigenvalue weighted by Crippen LogP contribution is 1.98. The smallest absolute Gasteiger partial charge is 0.306 e. The SMILES string of the molecule is C[N+](C)(C)CCOC(=O)CCC(=O)OCC[N+](C)(C)C.NCCc1c[nH]cn1.[Cl-].[Cl-]. The van der Waals surface area contributed by atoms with Gasteiger partial charge in [0, 0.05) is 12.6 Å². The molecule has 3 N–H and O–H groups in total. The largest absolute Gasteiger partial charge is 1.00 e. The van der Waals surface area contributed by atoms with Crippen LogP contribution in [0.15, 0.2) is 12.5 Å². The molecule has 1 heterocycles. The number of carbonyl (C=O) groups excluding carboxylic acids is 2. The number of hydrogen-bond donors (Lipinski definition) is 2. The zero-order chi connectivity index (χ0) is 21.6. The summed E-state index contributed by atoms with van der Waals surface area (Å²) >= 11 is 0. The maximum Gasteiger partial charge on any atom is 0.306 e. The van der Waals surface area contributed by atoms with E-state index in [-0.39, 0.29) is 49.6 Å². The average molecular weight is 472 g/mol. The quantitative estimate of drug-likeness (QED) is 0.246. The number of esters is 2. The lowest BCUT2D eigenvalue weighted by atomic mass is 10.3. The van der Waals surface area contributed by atoms with Crippen LogP contribution < -0.4 is 30.5 Å². The van der Waals surface area contributed by atoms with E-state index < -0.39 is 0 Å². The van der Waals surface area contributed by atoms with Gasteiger partial charge in [0.15, 0.2) is 0 Å². The van der Waals surface area contributed by atoms with Crippen LogP contribution in [0.4, 0.5) is 0 Å². The first-order valence-electron chi connectivity index (χ1n) is 9.53. The predicted molar refractivity (Wildman–Crippen MR) is 108 cm³/mol. The molecule has 178 valence electrons. The molecular weight excluding hydrogens is 433 g/mol. The molecule has 0 aliphatic carbocycles. The maximum atomic E-state index is 11.4. The van der Waals surface area contributed by atoms with Gasteiger partial charge in [0.25, 0.3) is 0 Å². The van der Waals surface area contributed by atoms with Gasteiger partial charge in [0.05, 0.1) is 67.1 Å². The topological polar surface area (TPSA) is 107 Å². The molecule has 0 saturated heterocycles. The average Bonchev–Trinajstić information content (AvgIpc) is 3.05. The van der Waals surface area contributed by atoms with E-state index in [1.165, 1.54) is 0 Å². The summed E-state index contributed by atoms with van der Waals surface area (Å²) in [5.41, 5.74) is 6.30. The normalized spacial score (nSPS) is 10.6. The summed E-state index contributed by atoms with van der Waals surface area (Å²) in [4.78, 5) is 29.7. The first-order valence-corrected chi connectivity index (χ1v) is 9.53. The summed E-state index contributed by atoms with van der Waals surface area (Å²) in [5.74, 6) is -0.691. The van der Waals surface area contributed by atoms with Crippen LogP contribution in [0.25, 0.3) is 0 Å². The van der Waals surface area contributed by atoms with Gasteiger partial charge in [-0.1, -0.05) is 0 Å². The number of aromatic nitrogens is 2. The lowest BCUT2D eigenvalue weighted by Crippen LogP contribution is -3.00.